The van der Waals surface area contributed by atoms with Crippen molar-refractivity contribution < 1.29 is 19.4 Å². The maximum Gasteiger partial charge on any atom is 0.411 e. The van der Waals surface area contributed by atoms with Gasteiger partial charge in [0.25, 0.3) is 0 Å². The Morgan fingerprint density at radius 1 is 1.30 bits per heavy atom. The summed E-state index contributed by atoms with van der Waals surface area (Å²) < 4.78 is 10.3. The summed E-state index contributed by atoms with van der Waals surface area (Å²) in [6.07, 6.45) is -0.588. The number of methoxy groups -OCH3 is 1. The fourth-order valence-corrected chi connectivity index (χ4v) is 2.39. The Kier molecular flexibility index (Phi) is 5.84. The summed E-state index contributed by atoms with van der Waals surface area (Å²) in [7, 11) is 1.29. The molecule has 0 aromatic heterocycles. The van der Waals surface area contributed by atoms with Crippen LogP contribution in [-0.4, -0.2) is 18.3 Å². The number of amides is 1. The minimum absolute atomic E-state index is 0.152. The monoisotopic (exact) mass is 335 g/mol. The average molecular weight is 336 g/mol. The van der Waals surface area contributed by atoms with Crippen molar-refractivity contribution in [2.24, 2.45) is 0 Å². The number of aliphatic hydroxyl groups excluding tert-OH is 1. The van der Waals surface area contributed by atoms with Gasteiger partial charge in [-0.3, -0.25) is 5.32 Å². The van der Waals surface area contributed by atoms with Gasteiger partial charge in [0.05, 0.1) is 24.4 Å². The summed E-state index contributed by atoms with van der Waals surface area (Å²) in [5, 5.41) is 12.6. The first kappa shape index (κ1) is 17.1. The molecule has 0 bridgehead atoms. The van der Waals surface area contributed by atoms with Gasteiger partial charge in [-0.1, -0.05) is 29.8 Å². The van der Waals surface area contributed by atoms with Crippen molar-refractivity contribution in [3.8, 4) is 5.75 Å². The highest BCUT2D eigenvalue weighted by molar-refractivity contribution is 6.32. The fraction of sp³-hybridized carbons (Fsp3) is 0.235. The molecule has 0 spiro atoms. The van der Waals surface area contributed by atoms with E-state index in [1.807, 2.05) is 19.1 Å². The maximum atomic E-state index is 11.4. The molecule has 2 N–H and O–H groups in total. The van der Waals surface area contributed by atoms with E-state index in [0.717, 1.165) is 5.56 Å². The Morgan fingerprint density at radius 3 is 2.74 bits per heavy atom. The standard InChI is InChI=1S/C17H18ClNO4/c1-11-6-7-16(14(18)8-11)23-10-13-12(9-20)4-3-5-15(13)19-17(21)22-2/h3-8,20H,9-10H2,1-2H3,(H,19,21). The quantitative estimate of drug-likeness (QED) is 0.869. The van der Waals surface area contributed by atoms with Gasteiger partial charge in [0, 0.05) is 5.56 Å². The van der Waals surface area contributed by atoms with Crippen LogP contribution in [0.5, 0.6) is 5.75 Å². The second kappa shape index (κ2) is 7.85. The van der Waals surface area contributed by atoms with Gasteiger partial charge in [0.2, 0.25) is 0 Å². The van der Waals surface area contributed by atoms with E-state index in [4.69, 9.17) is 16.3 Å². The molecule has 0 heterocycles. The molecule has 2 rings (SSSR count). The summed E-state index contributed by atoms with van der Waals surface area (Å²) in [5.74, 6) is 0.536. The highest BCUT2D eigenvalue weighted by atomic mass is 35.5. The highest BCUT2D eigenvalue weighted by Crippen LogP contribution is 2.28. The molecular weight excluding hydrogens is 318 g/mol. The fourth-order valence-electron chi connectivity index (χ4n) is 2.10. The van der Waals surface area contributed by atoms with E-state index in [-0.39, 0.29) is 13.2 Å². The molecule has 0 fully saturated rings. The minimum Gasteiger partial charge on any atom is -0.487 e. The van der Waals surface area contributed by atoms with Crippen LogP contribution < -0.4 is 10.1 Å². The van der Waals surface area contributed by atoms with Crippen molar-refractivity contribution in [1.82, 2.24) is 0 Å². The molecule has 23 heavy (non-hydrogen) atoms. The number of ether oxygens (including phenoxy) is 2. The Labute approximate surface area is 139 Å². The van der Waals surface area contributed by atoms with Crippen molar-refractivity contribution in [2.75, 3.05) is 12.4 Å². The number of aliphatic hydroxyl groups is 1. The van der Waals surface area contributed by atoms with Crippen LogP contribution in [-0.2, 0) is 18.0 Å². The van der Waals surface area contributed by atoms with E-state index in [9.17, 15) is 9.90 Å². The first-order valence-corrected chi connectivity index (χ1v) is 7.38. The van der Waals surface area contributed by atoms with Crippen LogP contribution in [0.2, 0.25) is 5.02 Å². The summed E-state index contributed by atoms with van der Waals surface area (Å²) in [5.41, 5.74) is 2.87. The lowest BCUT2D eigenvalue weighted by Crippen LogP contribution is -2.14. The molecule has 0 unspecified atom stereocenters. The van der Waals surface area contributed by atoms with E-state index in [2.05, 4.69) is 10.1 Å². The number of anilines is 1. The number of hydrogen-bond donors (Lipinski definition) is 2. The number of carbonyl (C=O) groups excluding carboxylic acids is 1. The number of nitrogens with one attached hydrogen (secondary N) is 1. The first-order chi connectivity index (χ1) is 11.0. The second-order valence-corrected chi connectivity index (χ2v) is 5.35. The molecule has 0 saturated heterocycles. The van der Waals surface area contributed by atoms with Crippen molar-refractivity contribution in [3.63, 3.8) is 0 Å². The van der Waals surface area contributed by atoms with Crippen molar-refractivity contribution in [3.05, 3.63) is 58.1 Å². The van der Waals surface area contributed by atoms with Crippen LogP contribution >= 0.6 is 11.6 Å². The summed E-state index contributed by atoms with van der Waals surface area (Å²) >= 11 is 6.15. The zero-order chi connectivity index (χ0) is 16.8. The minimum atomic E-state index is -0.588. The molecule has 0 radical (unpaired) electrons. The van der Waals surface area contributed by atoms with Crippen LogP contribution in [0.3, 0.4) is 0 Å². The van der Waals surface area contributed by atoms with E-state index < -0.39 is 6.09 Å². The van der Waals surface area contributed by atoms with Crippen molar-refractivity contribution in [1.29, 1.82) is 0 Å². The van der Waals surface area contributed by atoms with Gasteiger partial charge in [-0.25, -0.2) is 4.79 Å². The van der Waals surface area contributed by atoms with Crippen LogP contribution in [0.15, 0.2) is 36.4 Å². The lowest BCUT2D eigenvalue weighted by atomic mass is 10.1. The molecule has 6 heteroatoms. The van der Waals surface area contributed by atoms with Crippen LogP contribution in [0, 0.1) is 6.92 Å². The highest BCUT2D eigenvalue weighted by Gasteiger charge is 2.12. The largest absolute Gasteiger partial charge is 0.487 e. The van der Waals surface area contributed by atoms with Crippen LogP contribution in [0.4, 0.5) is 10.5 Å². The van der Waals surface area contributed by atoms with Gasteiger partial charge in [-0.2, -0.15) is 0 Å². The van der Waals surface area contributed by atoms with Gasteiger partial charge in [0.15, 0.2) is 0 Å². The zero-order valence-electron chi connectivity index (χ0n) is 12.9. The first-order valence-electron chi connectivity index (χ1n) is 7.00. The van der Waals surface area contributed by atoms with Gasteiger partial charge in [-0.05, 0) is 36.2 Å². The number of aryl methyl sites for hydroxylation is 1. The number of halogens is 1. The zero-order valence-corrected chi connectivity index (χ0v) is 13.7. The lowest BCUT2D eigenvalue weighted by Gasteiger charge is -2.15. The summed E-state index contributed by atoms with van der Waals surface area (Å²) in [4.78, 5) is 11.4. The predicted molar refractivity (Wildman–Crippen MR) is 88.9 cm³/mol. The van der Waals surface area contributed by atoms with E-state index >= 15 is 0 Å². The molecule has 2 aromatic rings. The van der Waals surface area contributed by atoms with Crippen LogP contribution in [0.1, 0.15) is 16.7 Å². The van der Waals surface area contributed by atoms with E-state index in [1.165, 1.54) is 7.11 Å². The number of benzene rings is 2. The summed E-state index contributed by atoms with van der Waals surface area (Å²) in [6.45, 7) is 1.92. The number of carbonyl (C=O) groups is 1. The molecule has 2 aromatic carbocycles. The second-order valence-electron chi connectivity index (χ2n) is 4.94. The number of hydrogen-bond acceptors (Lipinski definition) is 4. The SMILES string of the molecule is COC(=O)Nc1cccc(CO)c1COc1ccc(C)cc1Cl. The molecule has 0 atom stereocenters. The molecule has 5 nitrogen and oxygen atoms in total. The Balaban J connectivity index is 2.24. The Bertz CT molecular complexity index is 703. The Morgan fingerprint density at radius 2 is 2.09 bits per heavy atom. The molecular formula is C17H18ClNO4. The molecule has 1 amide bonds. The maximum absolute atomic E-state index is 11.4. The molecule has 0 aliphatic rings. The van der Waals surface area contributed by atoms with Gasteiger partial charge >= 0.3 is 6.09 Å². The normalized spacial score (nSPS) is 10.3. The van der Waals surface area contributed by atoms with Crippen LogP contribution in [0.25, 0.3) is 0 Å². The molecule has 0 aliphatic carbocycles. The predicted octanol–water partition coefficient (Wildman–Crippen LogP) is 3.90. The molecule has 0 aliphatic heterocycles. The molecule has 0 saturated carbocycles. The third-order valence-corrected chi connectivity index (χ3v) is 3.62. The van der Waals surface area contributed by atoms with Crippen molar-refractivity contribution >= 4 is 23.4 Å². The van der Waals surface area contributed by atoms with E-state index in [0.29, 0.717) is 27.6 Å². The van der Waals surface area contributed by atoms with Gasteiger partial charge < -0.3 is 14.6 Å². The van der Waals surface area contributed by atoms with Gasteiger partial charge in [0.1, 0.15) is 12.4 Å². The van der Waals surface area contributed by atoms with Crippen molar-refractivity contribution in [2.45, 2.75) is 20.1 Å². The summed E-state index contributed by atoms with van der Waals surface area (Å²) in [6, 6.07) is 10.7. The Hall–Kier alpha value is -2.24. The third-order valence-electron chi connectivity index (χ3n) is 3.32. The lowest BCUT2D eigenvalue weighted by molar-refractivity contribution is 0.187. The van der Waals surface area contributed by atoms with E-state index in [1.54, 1.807) is 24.3 Å². The smallest absolute Gasteiger partial charge is 0.411 e. The van der Waals surface area contributed by atoms with Gasteiger partial charge in [-0.15, -0.1) is 0 Å². The third kappa shape index (κ3) is 4.37. The molecule has 122 valence electrons. The topological polar surface area (TPSA) is 67.8 Å². The average Bonchev–Trinajstić information content (AvgIpc) is 2.54. The number of rotatable bonds is 5.